The number of furan rings is 1. The van der Waals surface area contributed by atoms with Crippen LogP contribution in [0.5, 0.6) is 11.5 Å². The summed E-state index contributed by atoms with van der Waals surface area (Å²) in [5, 5.41) is 11.2. The van der Waals surface area contributed by atoms with Gasteiger partial charge in [0, 0.05) is 17.0 Å². The SMILES string of the molecule is COc1cc(OC)cc(-c2nnc(NC(=O)c3cc4ccccc4o3)o2)c1. The van der Waals surface area contributed by atoms with Gasteiger partial charge in [0.15, 0.2) is 5.76 Å². The summed E-state index contributed by atoms with van der Waals surface area (Å²) in [6.45, 7) is 0. The van der Waals surface area contributed by atoms with Crippen LogP contribution in [-0.2, 0) is 0 Å². The van der Waals surface area contributed by atoms with Gasteiger partial charge < -0.3 is 18.3 Å². The molecule has 2 heterocycles. The lowest BCUT2D eigenvalue weighted by Gasteiger charge is -2.05. The van der Waals surface area contributed by atoms with Gasteiger partial charge in [-0.25, -0.2) is 0 Å². The van der Waals surface area contributed by atoms with Crippen LogP contribution in [0.3, 0.4) is 0 Å². The number of aromatic nitrogens is 2. The molecule has 4 aromatic rings. The van der Waals surface area contributed by atoms with Gasteiger partial charge in [-0.15, -0.1) is 5.10 Å². The summed E-state index contributed by atoms with van der Waals surface area (Å²) in [7, 11) is 3.09. The normalized spacial score (nSPS) is 10.7. The highest BCUT2D eigenvalue weighted by Crippen LogP contribution is 2.29. The summed E-state index contributed by atoms with van der Waals surface area (Å²) in [5.41, 5.74) is 1.22. The number of anilines is 1. The van der Waals surface area contributed by atoms with Crippen molar-refractivity contribution in [2.24, 2.45) is 0 Å². The van der Waals surface area contributed by atoms with Crippen molar-refractivity contribution in [1.82, 2.24) is 10.2 Å². The second-order valence-electron chi connectivity index (χ2n) is 5.62. The number of nitrogens with zero attached hydrogens (tertiary/aromatic N) is 2. The number of para-hydroxylation sites is 1. The number of hydrogen-bond donors (Lipinski definition) is 1. The Kier molecular flexibility index (Phi) is 4.21. The number of benzene rings is 2. The highest BCUT2D eigenvalue weighted by atomic mass is 16.5. The first-order chi connectivity index (χ1) is 13.2. The molecule has 2 aromatic carbocycles. The predicted octanol–water partition coefficient (Wildman–Crippen LogP) is 3.75. The first-order valence-electron chi connectivity index (χ1n) is 8.03. The monoisotopic (exact) mass is 365 g/mol. The Morgan fingerprint density at radius 1 is 0.963 bits per heavy atom. The second kappa shape index (κ2) is 6.83. The zero-order chi connectivity index (χ0) is 18.8. The van der Waals surface area contributed by atoms with Crippen LogP contribution >= 0.6 is 0 Å². The van der Waals surface area contributed by atoms with Crippen LogP contribution in [0.1, 0.15) is 10.6 Å². The first kappa shape index (κ1) is 16.6. The van der Waals surface area contributed by atoms with E-state index in [1.807, 2.05) is 18.2 Å². The number of fused-ring (bicyclic) bond motifs is 1. The minimum Gasteiger partial charge on any atom is -0.497 e. The minimum atomic E-state index is -0.482. The molecule has 0 spiro atoms. The fourth-order valence-electron chi connectivity index (χ4n) is 2.57. The number of rotatable bonds is 5. The summed E-state index contributed by atoms with van der Waals surface area (Å²) in [5.74, 6) is 1.04. The quantitative estimate of drug-likeness (QED) is 0.575. The molecular weight excluding hydrogens is 350 g/mol. The molecule has 0 fully saturated rings. The van der Waals surface area contributed by atoms with Crippen molar-refractivity contribution in [3.8, 4) is 23.0 Å². The maximum atomic E-state index is 12.4. The van der Waals surface area contributed by atoms with Crippen LogP contribution in [0.2, 0.25) is 0 Å². The molecule has 0 radical (unpaired) electrons. The summed E-state index contributed by atoms with van der Waals surface area (Å²) < 4.78 is 21.5. The summed E-state index contributed by atoms with van der Waals surface area (Å²) in [6.07, 6.45) is 0. The highest BCUT2D eigenvalue weighted by Gasteiger charge is 2.17. The van der Waals surface area contributed by atoms with Crippen molar-refractivity contribution >= 4 is 22.9 Å². The van der Waals surface area contributed by atoms with Crippen molar-refractivity contribution < 1.29 is 23.1 Å². The van der Waals surface area contributed by atoms with E-state index in [-0.39, 0.29) is 17.7 Å². The molecule has 0 aliphatic rings. The molecule has 8 heteroatoms. The maximum absolute atomic E-state index is 12.4. The van der Waals surface area contributed by atoms with Gasteiger partial charge in [0.25, 0.3) is 5.91 Å². The zero-order valence-electron chi connectivity index (χ0n) is 14.6. The number of carbonyl (C=O) groups is 1. The van der Waals surface area contributed by atoms with Crippen LogP contribution in [0.25, 0.3) is 22.4 Å². The molecule has 1 amide bonds. The van der Waals surface area contributed by atoms with Crippen molar-refractivity contribution in [3.63, 3.8) is 0 Å². The van der Waals surface area contributed by atoms with E-state index in [9.17, 15) is 4.79 Å². The molecule has 4 rings (SSSR count). The summed E-state index contributed by atoms with van der Waals surface area (Å²) >= 11 is 0. The van der Waals surface area contributed by atoms with Gasteiger partial charge in [0.2, 0.25) is 5.89 Å². The van der Waals surface area contributed by atoms with Gasteiger partial charge in [0.1, 0.15) is 17.1 Å². The topological polar surface area (TPSA) is 99.6 Å². The van der Waals surface area contributed by atoms with Gasteiger partial charge in [-0.1, -0.05) is 23.3 Å². The average Bonchev–Trinajstić information content (AvgIpc) is 3.34. The maximum Gasteiger partial charge on any atom is 0.322 e. The Hall–Kier alpha value is -3.81. The molecule has 0 saturated heterocycles. The molecule has 8 nitrogen and oxygen atoms in total. The Morgan fingerprint density at radius 2 is 1.70 bits per heavy atom. The Balaban J connectivity index is 1.56. The van der Waals surface area contributed by atoms with E-state index in [0.29, 0.717) is 22.6 Å². The number of methoxy groups -OCH3 is 2. The predicted molar refractivity (Wildman–Crippen MR) is 97.0 cm³/mol. The number of amides is 1. The van der Waals surface area contributed by atoms with E-state index < -0.39 is 5.91 Å². The van der Waals surface area contributed by atoms with Crippen LogP contribution in [0.4, 0.5) is 6.01 Å². The largest absolute Gasteiger partial charge is 0.497 e. The van der Waals surface area contributed by atoms with Crippen LogP contribution in [0.15, 0.2) is 57.4 Å². The fourth-order valence-corrected chi connectivity index (χ4v) is 2.57. The number of ether oxygens (including phenoxy) is 2. The van der Waals surface area contributed by atoms with E-state index in [2.05, 4.69) is 15.5 Å². The van der Waals surface area contributed by atoms with Gasteiger partial charge in [-0.05, 0) is 24.3 Å². The fraction of sp³-hybridized carbons (Fsp3) is 0.105. The Morgan fingerprint density at radius 3 is 2.41 bits per heavy atom. The van der Waals surface area contributed by atoms with Gasteiger partial charge >= 0.3 is 6.01 Å². The lowest BCUT2D eigenvalue weighted by molar-refractivity contribution is 0.0996. The van der Waals surface area contributed by atoms with Crippen molar-refractivity contribution in [1.29, 1.82) is 0 Å². The zero-order valence-corrected chi connectivity index (χ0v) is 14.6. The molecule has 0 aliphatic carbocycles. The third-order valence-electron chi connectivity index (χ3n) is 3.89. The molecule has 0 bridgehead atoms. The van der Waals surface area contributed by atoms with E-state index in [0.717, 1.165) is 5.39 Å². The molecule has 27 heavy (non-hydrogen) atoms. The smallest absolute Gasteiger partial charge is 0.322 e. The van der Waals surface area contributed by atoms with E-state index >= 15 is 0 Å². The molecule has 136 valence electrons. The van der Waals surface area contributed by atoms with Crippen molar-refractivity contribution in [2.75, 3.05) is 19.5 Å². The summed E-state index contributed by atoms with van der Waals surface area (Å²) in [6, 6.07) is 14.1. The number of carbonyl (C=O) groups excluding carboxylic acids is 1. The number of nitrogens with one attached hydrogen (secondary N) is 1. The summed E-state index contributed by atoms with van der Waals surface area (Å²) in [4.78, 5) is 12.4. The number of hydrogen-bond acceptors (Lipinski definition) is 7. The van der Waals surface area contributed by atoms with E-state index in [4.69, 9.17) is 18.3 Å². The Bertz CT molecular complexity index is 1060. The Labute approximate surface area is 153 Å². The van der Waals surface area contributed by atoms with Gasteiger partial charge in [-0.3, -0.25) is 10.1 Å². The molecule has 0 unspecified atom stereocenters. The molecule has 0 saturated carbocycles. The third kappa shape index (κ3) is 3.32. The lowest BCUT2D eigenvalue weighted by atomic mass is 10.2. The third-order valence-corrected chi connectivity index (χ3v) is 3.89. The standard InChI is InChI=1S/C19H15N3O5/c1-24-13-7-12(8-14(10-13)25-2)18-21-22-19(27-18)20-17(23)16-9-11-5-3-4-6-15(11)26-16/h3-10H,1-2H3,(H,20,22,23). The van der Waals surface area contributed by atoms with Crippen molar-refractivity contribution in [2.45, 2.75) is 0 Å². The van der Waals surface area contributed by atoms with Crippen molar-refractivity contribution in [3.05, 3.63) is 54.3 Å². The van der Waals surface area contributed by atoms with Crippen LogP contribution < -0.4 is 14.8 Å². The van der Waals surface area contributed by atoms with Crippen LogP contribution in [-0.4, -0.2) is 30.3 Å². The van der Waals surface area contributed by atoms with Crippen LogP contribution in [0, 0.1) is 0 Å². The van der Waals surface area contributed by atoms with Gasteiger partial charge in [0.05, 0.1) is 14.2 Å². The minimum absolute atomic E-state index is 0.0442. The molecule has 2 aromatic heterocycles. The lowest BCUT2D eigenvalue weighted by Crippen LogP contribution is -2.10. The average molecular weight is 365 g/mol. The molecule has 1 N–H and O–H groups in total. The van der Waals surface area contributed by atoms with Gasteiger partial charge in [-0.2, -0.15) is 0 Å². The van der Waals surface area contributed by atoms with E-state index in [1.54, 1.807) is 44.6 Å². The first-order valence-corrected chi connectivity index (χ1v) is 8.03. The molecule has 0 atom stereocenters. The van der Waals surface area contributed by atoms with E-state index in [1.165, 1.54) is 0 Å². The highest BCUT2D eigenvalue weighted by molar-refractivity contribution is 6.03. The second-order valence-corrected chi connectivity index (χ2v) is 5.62. The molecular formula is C19H15N3O5. The molecule has 0 aliphatic heterocycles.